The van der Waals surface area contributed by atoms with E-state index in [9.17, 15) is 5.11 Å². The summed E-state index contributed by atoms with van der Waals surface area (Å²) in [6.45, 7) is 12.8. The Bertz CT molecular complexity index is 838. The third kappa shape index (κ3) is 3.45. The average molecular weight is 360 g/mol. The van der Waals surface area contributed by atoms with Gasteiger partial charge in [-0.15, -0.1) is 21.5 Å². The Kier molecular flexibility index (Phi) is 4.23. The summed E-state index contributed by atoms with van der Waals surface area (Å²) in [6, 6.07) is 4.08. The van der Waals surface area contributed by atoms with Crippen LogP contribution in [0.3, 0.4) is 0 Å². The zero-order valence-electron chi connectivity index (χ0n) is 15.8. The Morgan fingerprint density at radius 3 is 2.36 bits per heavy atom. The second-order valence-corrected chi connectivity index (χ2v) is 9.35. The van der Waals surface area contributed by atoms with Crippen LogP contribution in [0.25, 0.3) is 11.8 Å². The molecule has 0 saturated heterocycles. The van der Waals surface area contributed by atoms with E-state index in [0.29, 0.717) is 12.1 Å². The predicted molar refractivity (Wildman–Crippen MR) is 103 cm³/mol. The summed E-state index contributed by atoms with van der Waals surface area (Å²) in [6.07, 6.45) is 4.48. The topological polar surface area (TPSA) is 50.9 Å². The van der Waals surface area contributed by atoms with Crippen molar-refractivity contribution in [3.05, 3.63) is 40.7 Å². The van der Waals surface area contributed by atoms with Crippen molar-refractivity contribution in [1.29, 1.82) is 0 Å². The van der Waals surface area contributed by atoms with E-state index in [-0.39, 0.29) is 22.0 Å². The summed E-state index contributed by atoms with van der Waals surface area (Å²) in [5.41, 5.74) is 4.10. The Morgan fingerprint density at radius 1 is 1.08 bits per heavy atom. The number of halogens is 1. The molecular formula is C20H26ClN3O. The maximum absolute atomic E-state index is 10.9. The molecule has 3 rings (SSSR count). The van der Waals surface area contributed by atoms with Crippen LogP contribution >= 0.6 is 11.6 Å². The van der Waals surface area contributed by atoms with Crippen molar-refractivity contribution in [2.75, 3.05) is 0 Å². The van der Waals surface area contributed by atoms with Crippen LogP contribution in [0.15, 0.2) is 18.2 Å². The van der Waals surface area contributed by atoms with Crippen LogP contribution < -0.4 is 0 Å². The molecule has 1 N–H and O–H groups in total. The quantitative estimate of drug-likeness (QED) is 0.748. The predicted octanol–water partition coefficient (Wildman–Crippen LogP) is 4.74. The first-order valence-electron chi connectivity index (χ1n) is 8.63. The number of fused-ring (bicyclic) bond motifs is 1. The van der Waals surface area contributed by atoms with E-state index in [4.69, 9.17) is 11.6 Å². The number of phenolic OH excluding ortho intramolecular Hbond substituents is 1. The largest absolute Gasteiger partial charge is 0.505 e. The van der Waals surface area contributed by atoms with Gasteiger partial charge < -0.3 is 5.11 Å². The number of benzene rings is 1. The number of nitrogens with zero attached hydrogens (tertiary/aromatic N) is 3. The summed E-state index contributed by atoms with van der Waals surface area (Å²) in [4.78, 5) is 1.55. The fourth-order valence-corrected chi connectivity index (χ4v) is 3.17. The first-order valence-corrected chi connectivity index (χ1v) is 9.07. The van der Waals surface area contributed by atoms with Gasteiger partial charge in [0.15, 0.2) is 0 Å². The van der Waals surface area contributed by atoms with Crippen LogP contribution in [-0.2, 0) is 17.3 Å². The lowest BCUT2D eigenvalue weighted by Gasteiger charge is -2.27. The maximum Gasteiger partial charge on any atom is 0.146 e. The molecule has 5 heteroatoms. The molecule has 0 spiro atoms. The highest BCUT2D eigenvalue weighted by molar-refractivity contribution is 6.22. The highest BCUT2D eigenvalue weighted by Crippen LogP contribution is 2.39. The molecule has 0 amide bonds. The highest BCUT2D eigenvalue weighted by Gasteiger charge is 2.27. The monoisotopic (exact) mass is 359 g/mol. The van der Waals surface area contributed by atoms with Gasteiger partial charge in [-0.2, -0.15) is 5.10 Å². The molecular weight excluding hydrogens is 334 g/mol. The van der Waals surface area contributed by atoms with Gasteiger partial charge in [-0.1, -0.05) is 53.7 Å². The van der Waals surface area contributed by atoms with E-state index in [1.807, 2.05) is 18.2 Å². The van der Waals surface area contributed by atoms with E-state index in [2.05, 4.69) is 57.8 Å². The second kappa shape index (κ2) is 5.87. The highest BCUT2D eigenvalue weighted by atomic mass is 35.5. The van der Waals surface area contributed by atoms with Crippen LogP contribution in [0.4, 0.5) is 0 Å². The zero-order chi connectivity index (χ0) is 18.6. The van der Waals surface area contributed by atoms with E-state index in [1.165, 1.54) is 0 Å². The number of rotatable bonds is 1. The number of alkyl halides is 1. The normalized spacial score (nSPS) is 17.6. The number of aromatic hydroxyl groups is 1. The fraction of sp³-hybridized carbons (Fsp3) is 0.500. The summed E-state index contributed by atoms with van der Waals surface area (Å²) in [5, 5.41) is 20.0. The molecule has 1 aromatic carbocycles. The van der Waals surface area contributed by atoms with Gasteiger partial charge in [-0.3, -0.25) is 0 Å². The van der Waals surface area contributed by atoms with E-state index < -0.39 is 0 Å². The summed E-state index contributed by atoms with van der Waals surface area (Å²) < 4.78 is 0. The van der Waals surface area contributed by atoms with Gasteiger partial charge in [-0.05, 0) is 28.5 Å². The third-order valence-corrected chi connectivity index (χ3v) is 4.84. The van der Waals surface area contributed by atoms with Crippen molar-refractivity contribution >= 4 is 17.7 Å². The summed E-state index contributed by atoms with van der Waals surface area (Å²) in [5.74, 6) is 0.235. The van der Waals surface area contributed by atoms with Gasteiger partial charge in [0.25, 0.3) is 0 Å². The molecule has 1 aliphatic carbocycles. The lowest BCUT2D eigenvalue weighted by molar-refractivity contribution is 0.438. The van der Waals surface area contributed by atoms with Crippen molar-refractivity contribution in [2.45, 2.75) is 64.2 Å². The molecule has 1 aliphatic rings. The fourth-order valence-electron chi connectivity index (χ4n) is 2.95. The van der Waals surface area contributed by atoms with Gasteiger partial charge in [0, 0.05) is 12.0 Å². The lowest BCUT2D eigenvalue weighted by Crippen LogP contribution is -2.18. The standard InChI is InChI=1S/C20H26ClN3O/c1-19(2,3)12-9-14(20(4,5)6)18(25)17(10-12)24-22-15-8-7-13(21)11-16(15)23-24/h7-10,13,25H,11H2,1-6H3. The molecule has 0 bridgehead atoms. The van der Waals surface area contributed by atoms with Crippen molar-refractivity contribution in [3.63, 3.8) is 0 Å². The molecule has 134 valence electrons. The van der Waals surface area contributed by atoms with E-state index in [1.54, 1.807) is 4.80 Å². The number of allylic oxidation sites excluding steroid dienone is 1. The van der Waals surface area contributed by atoms with Crippen LogP contribution in [0.5, 0.6) is 5.75 Å². The number of hydrogen-bond acceptors (Lipinski definition) is 3. The molecule has 0 radical (unpaired) electrons. The molecule has 1 aromatic heterocycles. The van der Waals surface area contributed by atoms with Crippen molar-refractivity contribution in [3.8, 4) is 11.4 Å². The Labute approximate surface area is 154 Å². The van der Waals surface area contributed by atoms with Crippen molar-refractivity contribution < 1.29 is 5.11 Å². The zero-order valence-corrected chi connectivity index (χ0v) is 16.5. The molecule has 1 heterocycles. The smallest absolute Gasteiger partial charge is 0.146 e. The van der Waals surface area contributed by atoms with Gasteiger partial charge in [-0.25, -0.2) is 0 Å². The van der Waals surface area contributed by atoms with E-state index >= 15 is 0 Å². The minimum Gasteiger partial charge on any atom is -0.505 e. The Hall–Kier alpha value is -1.81. The van der Waals surface area contributed by atoms with Crippen molar-refractivity contribution in [1.82, 2.24) is 15.0 Å². The van der Waals surface area contributed by atoms with Crippen LogP contribution in [0, 0.1) is 0 Å². The molecule has 25 heavy (non-hydrogen) atoms. The summed E-state index contributed by atoms with van der Waals surface area (Å²) in [7, 11) is 0. The third-order valence-electron chi connectivity index (χ3n) is 4.54. The number of hydrogen-bond donors (Lipinski definition) is 1. The first kappa shape index (κ1) is 18.0. The molecule has 0 fully saturated rings. The van der Waals surface area contributed by atoms with E-state index in [0.717, 1.165) is 22.5 Å². The first-order chi connectivity index (χ1) is 11.5. The second-order valence-electron chi connectivity index (χ2n) is 8.79. The van der Waals surface area contributed by atoms with Gasteiger partial charge in [0.05, 0.1) is 11.1 Å². The minimum atomic E-state index is -0.187. The molecule has 1 unspecified atom stereocenters. The number of phenols is 1. The number of aromatic nitrogens is 3. The minimum absolute atomic E-state index is 0.0453. The average Bonchev–Trinajstić information content (AvgIpc) is 2.87. The van der Waals surface area contributed by atoms with Gasteiger partial charge in [0.2, 0.25) is 0 Å². The van der Waals surface area contributed by atoms with Gasteiger partial charge >= 0.3 is 0 Å². The SMILES string of the molecule is CC(C)(C)c1cc(-n2nc3c(n2)CC(Cl)C=C3)c(O)c(C(C)(C)C)c1. The van der Waals surface area contributed by atoms with Crippen LogP contribution in [0.1, 0.15) is 64.1 Å². The molecule has 0 saturated carbocycles. The molecule has 0 aliphatic heterocycles. The van der Waals surface area contributed by atoms with Gasteiger partial charge in [0.1, 0.15) is 17.1 Å². The molecule has 1 atom stereocenters. The molecule has 2 aromatic rings. The Balaban J connectivity index is 2.21. The maximum atomic E-state index is 10.9. The van der Waals surface area contributed by atoms with Crippen LogP contribution in [-0.4, -0.2) is 25.5 Å². The van der Waals surface area contributed by atoms with Crippen LogP contribution in [0.2, 0.25) is 0 Å². The Morgan fingerprint density at radius 2 is 1.76 bits per heavy atom. The lowest BCUT2D eigenvalue weighted by atomic mass is 9.80. The molecule has 4 nitrogen and oxygen atoms in total. The summed E-state index contributed by atoms with van der Waals surface area (Å²) >= 11 is 6.19. The van der Waals surface area contributed by atoms with Crippen molar-refractivity contribution in [2.24, 2.45) is 0 Å².